The number of rotatable bonds is 6. The van der Waals surface area contributed by atoms with E-state index in [1.54, 1.807) is 30.6 Å². The average molecular weight is 307 g/mol. The van der Waals surface area contributed by atoms with Crippen molar-refractivity contribution in [3.63, 3.8) is 0 Å². The van der Waals surface area contributed by atoms with E-state index in [1.165, 1.54) is 0 Å². The standard InChI is InChI=1S/C15H21N3O2S/c1-10(11-6-5-7-12(19)8-11)16-9-13-14(20-4)17-15(21-13)18(2)3/h5-8,10,16,19H,9H2,1-4H3. The van der Waals surface area contributed by atoms with Crippen LogP contribution in [-0.2, 0) is 6.54 Å². The topological polar surface area (TPSA) is 57.6 Å². The van der Waals surface area contributed by atoms with Crippen molar-refractivity contribution in [2.45, 2.75) is 19.5 Å². The maximum Gasteiger partial charge on any atom is 0.230 e. The van der Waals surface area contributed by atoms with Crippen molar-refractivity contribution in [2.75, 3.05) is 26.1 Å². The first-order chi connectivity index (χ1) is 10.0. The molecule has 0 saturated carbocycles. The van der Waals surface area contributed by atoms with Gasteiger partial charge in [-0.25, -0.2) is 0 Å². The molecule has 1 atom stereocenters. The number of nitrogens with zero attached hydrogens (tertiary/aromatic N) is 2. The minimum Gasteiger partial charge on any atom is -0.508 e. The number of hydrogen-bond donors (Lipinski definition) is 2. The number of anilines is 1. The molecule has 5 nitrogen and oxygen atoms in total. The molecule has 2 N–H and O–H groups in total. The normalized spacial score (nSPS) is 12.2. The van der Waals surface area contributed by atoms with Crippen LogP contribution in [0.4, 0.5) is 5.13 Å². The number of hydrogen-bond acceptors (Lipinski definition) is 6. The van der Waals surface area contributed by atoms with E-state index in [-0.39, 0.29) is 11.8 Å². The Morgan fingerprint density at radius 2 is 2.19 bits per heavy atom. The monoisotopic (exact) mass is 307 g/mol. The Hall–Kier alpha value is -1.79. The average Bonchev–Trinajstić information content (AvgIpc) is 2.88. The summed E-state index contributed by atoms with van der Waals surface area (Å²) in [6, 6.07) is 7.41. The van der Waals surface area contributed by atoms with Gasteiger partial charge in [0.2, 0.25) is 5.88 Å². The lowest BCUT2D eigenvalue weighted by Gasteiger charge is -2.14. The van der Waals surface area contributed by atoms with E-state index in [1.807, 2.05) is 31.1 Å². The summed E-state index contributed by atoms with van der Waals surface area (Å²) < 4.78 is 5.33. The molecule has 6 heteroatoms. The van der Waals surface area contributed by atoms with Crippen LogP contribution in [0.5, 0.6) is 11.6 Å². The maximum atomic E-state index is 9.53. The van der Waals surface area contributed by atoms with Gasteiger partial charge in [-0.05, 0) is 24.6 Å². The Bertz CT molecular complexity index is 598. The van der Waals surface area contributed by atoms with Crippen LogP contribution >= 0.6 is 11.3 Å². The van der Waals surface area contributed by atoms with Gasteiger partial charge in [-0.15, -0.1) is 0 Å². The van der Waals surface area contributed by atoms with Crippen molar-refractivity contribution in [2.24, 2.45) is 0 Å². The molecule has 0 aliphatic rings. The number of benzene rings is 1. The Balaban J connectivity index is 2.05. The lowest BCUT2D eigenvalue weighted by molar-refractivity contribution is 0.393. The van der Waals surface area contributed by atoms with Gasteiger partial charge in [0.05, 0.1) is 12.0 Å². The van der Waals surface area contributed by atoms with Crippen molar-refractivity contribution < 1.29 is 9.84 Å². The number of phenolic OH excluding ortho intramolecular Hbond substituents is 1. The van der Waals surface area contributed by atoms with Gasteiger partial charge in [0.1, 0.15) is 5.75 Å². The van der Waals surface area contributed by atoms with E-state index < -0.39 is 0 Å². The Kier molecular flexibility index (Phi) is 5.03. The molecular weight excluding hydrogens is 286 g/mol. The van der Waals surface area contributed by atoms with Crippen LogP contribution < -0.4 is 15.0 Å². The first-order valence-electron chi connectivity index (χ1n) is 6.74. The molecule has 1 unspecified atom stereocenters. The van der Waals surface area contributed by atoms with Crippen LogP contribution in [0.2, 0.25) is 0 Å². The molecule has 2 rings (SSSR count). The minimum absolute atomic E-state index is 0.131. The van der Waals surface area contributed by atoms with E-state index >= 15 is 0 Å². The number of nitrogens with one attached hydrogen (secondary N) is 1. The molecule has 0 amide bonds. The summed E-state index contributed by atoms with van der Waals surface area (Å²) in [7, 11) is 5.56. The molecule has 0 aliphatic heterocycles. The summed E-state index contributed by atoms with van der Waals surface area (Å²) in [6.07, 6.45) is 0. The van der Waals surface area contributed by atoms with Crippen molar-refractivity contribution in [3.05, 3.63) is 34.7 Å². The molecule has 0 radical (unpaired) electrons. The summed E-state index contributed by atoms with van der Waals surface area (Å²) >= 11 is 1.61. The molecule has 0 saturated heterocycles. The fourth-order valence-corrected chi connectivity index (χ4v) is 2.85. The Morgan fingerprint density at radius 1 is 1.43 bits per heavy atom. The predicted octanol–water partition coefficient (Wildman–Crippen LogP) is 2.77. The Morgan fingerprint density at radius 3 is 2.81 bits per heavy atom. The highest BCUT2D eigenvalue weighted by Crippen LogP contribution is 2.30. The fraction of sp³-hybridized carbons (Fsp3) is 0.400. The third kappa shape index (κ3) is 3.86. The largest absolute Gasteiger partial charge is 0.508 e. The van der Waals surface area contributed by atoms with Crippen LogP contribution in [0.15, 0.2) is 24.3 Å². The highest BCUT2D eigenvalue weighted by atomic mass is 32.1. The summed E-state index contributed by atoms with van der Waals surface area (Å²) in [5.41, 5.74) is 1.05. The molecule has 0 fully saturated rings. The van der Waals surface area contributed by atoms with Gasteiger partial charge in [-0.2, -0.15) is 4.98 Å². The van der Waals surface area contributed by atoms with E-state index in [2.05, 4.69) is 17.2 Å². The maximum absolute atomic E-state index is 9.53. The summed E-state index contributed by atoms with van der Waals surface area (Å²) in [6.45, 7) is 2.74. The lowest BCUT2D eigenvalue weighted by Crippen LogP contribution is -2.17. The van der Waals surface area contributed by atoms with Gasteiger partial charge in [0, 0.05) is 26.7 Å². The fourth-order valence-electron chi connectivity index (χ4n) is 1.95. The highest BCUT2D eigenvalue weighted by Gasteiger charge is 2.14. The van der Waals surface area contributed by atoms with Crippen molar-refractivity contribution >= 4 is 16.5 Å². The Labute approximate surface area is 129 Å². The predicted molar refractivity (Wildman–Crippen MR) is 86.4 cm³/mol. The second-order valence-electron chi connectivity index (χ2n) is 5.02. The molecule has 0 aliphatic carbocycles. The SMILES string of the molecule is COc1nc(N(C)C)sc1CNC(C)c1cccc(O)c1. The van der Waals surface area contributed by atoms with Crippen molar-refractivity contribution in [3.8, 4) is 11.6 Å². The second kappa shape index (κ2) is 6.78. The van der Waals surface area contributed by atoms with Gasteiger partial charge in [0.15, 0.2) is 5.13 Å². The molecule has 1 heterocycles. The van der Waals surface area contributed by atoms with Crippen LogP contribution in [0, 0.1) is 0 Å². The lowest BCUT2D eigenvalue weighted by atomic mass is 10.1. The number of thiazole rings is 1. The van der Waals surface area contributed by atoms with Crippen LogP contribution in [-0.4, -0.2) is 31.3 Å². The third-order valence-electron chi connectivity index (χ3n) is 3.17. The van der Waals surface area contributed by atoms with Crippen LogP contribution in [0.25, 0.3) is 0 Å². The van der Waals surface area contributed by atoms with Crippen molar-refractivity contribution in [1.29, 1.82) is 0 Å². The highest BCUT2D eigenvalue weighted by molar-refractivity contribution is 7.15. The smallest absolute Gasteiger partial charge is 0.230 e. The first kappa shape index (κ1) is 15.6. The summed E-state index contributed by atoms with van der Waals surface area (Å²) in [5, 5.41) is 13.9. The van der Waals surface area contributed by atoms with Crippen LogP contribution in [0.1, 0.15) is 23.4 Å². The molecule has 0 spiro atoms. The number of aromatic nitrogens is 1. The molecule has 114 valence electrons. The summed E-state index contributed by atoms with van der Waals surface area (Å²) in [4.78, 5) is 7.47. The van der Waals surface area contributed by atoms with Crippen molar-refractivity contribution in [1.82, 2.24) is 10.3 Å². The van der Waals surface area contributed by atoms with E-state index in [9.17, 15) is 5.11 Å². The molecule has 21 heavy (non-hydrogen) atoms. The van der Waals surface area contributed by atoms with Crippen LogP contribution in [0.3, 0.4) is 0 Å². The van der Waals surface area contributed by atoms with E-state index in [4.69, 9.17) is 4.74 Å². The van der Waals surface area contributed by atoms with Gasteiger partial charge >= 0.3 is 0 Å². The number of phenols is 1. The third-order valence-corrected chi connectivity index (χ3v) is 4.37. The van der Waals surface area contributed by atoms with Gasteiger partial charge in [-0.3, -0.25) is 0 Å². The van der Waals surface area contributed by atoms with Gasteiger partial charge in [0.25, 0.3) is 0 Å². The zero-order chi connectivity index (χ0) is 15.4. The zero-order valence-corrected chi connectivity index (χ0v) is 13.6. The zero-order valence-electron chi connectivity index (χ0n) is 12.8. The van der Waals surface area contributed by atoms with Gasteiger partial charge in [-0.1, -0.05) is 23.5 Å². The first-order valence-corrected chi connectivity index (χ1v) is 7.56. The quantitative estimate of drug-likeness (QED) is 0.859. The minimum atomic E-state index is 0.131. The number of aromatic hydroxyl groups is 1. The second-order valence-corrected chi connectivity index (χ2v) is 6.08. The summed E-state index contributed by atoms with van der Waals surface area (Å²) in [5.74, 6) is 0.950. The molecular formula is C15H21N3O2S. The van der Waals surface area contributed by atoms with Gasteiger partial charge < -0.3 is 20.1 Å². The molecule has 2 aromatic rings. The molecule has 0 bridgehead atoms. The molecule has 1 aromatic carbocycles. The van der Waals surface area contributed by atoms with E-state index in [0.717, 1.165) is 15.6 Å². The molecule has 1 aromatic heterocycles. The van der Waals surface area contributed by atoms with E-state index in [0.29, 0.717) is 12.4 Å². The number of ether oxygens (including phenoxy) is 1. The number of methoxy groups -OCH3 is 1.